The van der Waals surface area contributed by atoms with Crippen molar-refractivity contribution in [2.45, 2.75) is 62.8 Å². The first-order chi connectivity index (χ1) is 10.1. The molecule has 0 aromatic heterocycles. The molecule has 1 aliphatic heterocycles. The summed E-state index contributed by atoms with van der Waals surface area (Å²) in [5.74, 6) is -0.202. The fraction of sp³-hybridized carbons (Fsp3) is 0.562. The molecule has 1 amide bonds. The molecule has 0 bridgehead atoms. The maximum Gasteiger partial charge on any atom is 0.266 e. The molecule has 0 radical (unpaired) electrons. The highest BCUT2D eigenvalue weighted by molar-refractivity contribution is 7.89. The molecular formula is C16H25NO3SSi. The monoisotopic (exact) mass is 339 g/mol. The second-order valence-electron chi connectivity index (χ2n) is 7.17. The predicted molar refractivity (Wildman–Crippen MR) is 91.0 cm³/mol. The minimum absolute atomic E-state index is 0.113. The summed E-state index contributed by atoms with van der Waals surface area (Å²) >= 11 is 0. The normalized spacial score (nSPS) is 23.1. The van der Waals surface area contributed by atoms with Gasteiger partial charge in [-0.3, -0.25) is 4.79 Å². The summed E-state index contributed by atoms with van der Waals surface area (Å²) in [5, 5.41) is 0. The highest BCUT2D eigenvalue weighted by Gasteiger charge is 2.49. The van der Waals surface area contributed by atoms with Gasteiger partial charge in [0.1, 0.15) is 0 Å². The lowest BCUT2D eigenvalue weighted by molar-refractivity contribution is -0.124. The molecule has 2 rings (SSSR count). The number of hydrogen-bond acceptors (Lipinski definition) is 3. The number of sulfonamides is 1. The van der Waals surface area contributed by atoms with Gasteiger partial charge in [0.25, 0.3) is 10.0 Å². The van der Waals surface area contributed by atoms with Crippen molar-refractivity contribution in [1.82, 2.24) is 4.31 Å². The van der Waals surface area contributed by atoms with Crippen molar-refractivity contribution in [2.75, 3.05) is 0 Å². The van der Waals surface area contributed by atoms with E-state index in [1.165, 1.54) is 4.31 Å². The summed E-state index contributed by atoms with van der Waals surface area (Å²) in [6, 6.07) is 6.50. The minimum atomic E-state index is -3.75. The number of carbonyl (C=O) groups is 1. The fourth-order valence-electron chi connectivity index (χ4n) is 3.00. The fourth-order valence-corrected chi connectivity index (χ4v) is 6.65. The van der Waals surface area contributed by atoms with Crippen molar-refractivity contribution >= 4 is 24.0 Å². The third-order valence-corrected chi connectivity index (χ3v) is 8.89. The summed E-state index contributed by atoms with van der Waals surface area (Å²) in [4.78, 5) is 13.0. The quantitative estimate of drug-likeness (QED) is 0.790. The van der Waals surface area contributed by atoms with Crippen LogP contribution in [-0.4, -0.2) is 32.7 Å². The van der Waals surface area contributed by atoms with Gasteiger partial charge in [0, 0.05) is 11.6 Å². The van der Waals surface area contributed by atoms with Gasteiger partial charge in [-0.2, -0.15) is 0 Å². The maximum atomic E-state index is 12.9. The number of benzene rings is 1. The van der Waals surface area contributed by atoms with Gasteiger partial charge in [0.2, 0.25) is 5.91 Å². The van der Waals surface area contributed by atoms with Gasteiger partial charge in [0.05, 0.1) is 13.0 Å². The van der Waals surface area contributed by atoms with Gasteiger partial charge >= 0.3 is 0 Å². The number of amides is 1. The SMILES string of the molecule is CCC1CC([Si](C)(C)C)C(=O)N1S(=O)(=O)c1ccc(C)cc1. The number of hydrogen-bond donors (Lipinski definition) is 0. The average molecular weight is 340 g/mol. The van der Waals surface area contributed by atoms with E-state index >= 15 is 0 Å². The summed E-state index contributed by atoms with van der Waals surface area (Å²) in [5.41, 5.74) is 0.886. The van der Waals surface area contributed by atoms with Crippen LogP contribution in [0.25, 0.3) is 0 Å². The zero-order valence-electron chi connectivity index (χ0n) is 14.0. The topological polar surface area (TPSA) is 54.5 Å². The van der Waals surface area contributed by atoms with E-state index < -0.39 is 18.1 Å². The van der Waals surface area contributed by atoms with Crippen LogP contribution in [-0.2, 0) is 14.8 Å². The maximum absolute atomic E-state index is 12.9. The largest absolute Gasteiger partial charge is 0.274 e. The lowest BCUT2D eigenvalue weighted by atomic mass is 10.2. The molecule has 122 valence electrons. The van der Waals surface area contributed by atoms with Crippen molar-refractivity contribution in [2.24, 2.45) is 0 Å². The van der Waals surface area contributed by atoms with E-state index in [1.54, 1.807) is 24.3 Å². The predicted octanol–water partition coefficient (Wildman–Crippen LogP) is 3.40. The van der Waals surface area contributed by atoms with Gasteiger partial charge in [-0.05, 0) is 31.9 Å². The molecule has 1 saturated heterocycles. The molecule has 1 aromatic carbocycles. The van der Waals surface area contributed by atoms with E-state index in [1.807, 2.05) is 13.8 Å². The van der Waals surface area contributed by atoms with E-state index in [0.29, 0.717) is 12.8 Å². The third kappa shape index (κ3) is 2.99. The summed E-state index contributed by atoms with van der Waals surface area (Å²) < 4.78 is 27.0. The molecule has 4 nitrogen and oxygen atoms in total. The first-order valence-corrected chi connectivity index (χ1v) is 12.8. The molecule has 1 aliphatic rings. The van der Waals surface area contributed by atoms with Gasteiger partial charge < -0.3 is 0 Å². The van der Waals surface area contributed by atoms with Gasteiger partial charge in [-0.15, -0.1) is 0 Å². The van der Waals surface area contributed by atoms with Crippen molar-refractivity contribution in [3.63, 3.8) is 0 Å². The van der Waals surface area contributed by atoms with Crippen molar-refractivity contribution < 1.29 is 13.2 Å². The van der Waals surface area contributed by atoms with Gasteiger partial charge in [-0.25, -0.2) is 12.7 Å². The standard InChI is InChI=1S/C16H25NO3SSi/c1-6-13-11-15(22(3,4)5)16(18)17(13)21(19,20)14-9-7-12(2)8-10-14/h7-10,13,15H,6,11H2,1-5H3. The molecule has 22 heavy (non-hydrogen) atoms. The van der Waals surface area contributed by atoms with Crippen molar-refractivity contribution in [3.8, 4) is 0 Å². The lowest BCUT2D eigenvalue weighted by Gasteiger charge is -2.25. The Morgan fingerprint density at radius 1 is 1.18 bits per heavy atom. The number of nitrogens with zero attached hydrogens (tertiary/aromatic N) is 1. The Kier molecular flexibility index (Phi) is 4.55. The first kappa shape index (κ1) is 17.2. The first-order valence-electron chi connectivity index (χ1n) is 7.74. The molecule has 0 aliphatic carbocycles. The van der Waals surface area contributed by atoms with Crippen LogP contribution in [0, 0.1) is 6.92 Å². The Bertz CT molecular complexity index is 662. The van der Waals surface area contributed by atoms with Crippen LogP contribution in [0.4, 0.5) is 0 Å². The van der Waals surface area contributed by atoms with Crippen LogP contribution in [0.5, 0.6) is 0 Å². The molecule has 1 aromatic rings. The third-order valence-electron chi connectivity index (χ3n) is 4.45. The second-order valence-corrected chi connectivity index (χ2v) is 14.4. The smallest absolute Gasteiger partial charge is 0.266 e. The highest BCUT2D eigenvalue weighted by Crippen LogP contribution is 2.41. The Morgan fingerprint density at radius 3 is 2.18 bits per heavy atom. The molecule has 0 spiro atoms. The van der Waals surface area contributed by atoms with Gasteiger partial charge in [-0.1, -0.05) is 44.3 Å². The molecule has 1 heterocycles. The van der Waals surface area contributed by atoms with Crippen LogP contribution in [0.15, 0.2) is 29.2 Å². The number of aryl methyl sites for hydroxylation is 1. The molecule has 6 heteroatoms. The van der Waals surface area contributed by atoms with E-state index in [0.717, 1.165) is 5.56 Å². The minimum Gasteiger partial charge on any atom is -0.274 e. The second kappa shape index (κ2) is 5.81. The van der Waals surface area contributed by atoms with Gasteiger partial charge in [0.15, 0.2) is 0 Å². The van der Waals surface area contributed by atoms with Crippen LogP contribution < -0.4 is 0 Å². The summed E-state index contributed by atoms with van der Waals surface area (Å²) in [6.45, 7) is 10.2. The van der Waals surface area contributed by atoms with Crippen LogP contribution in [0.1, 0.15) is 25.3 Å². The molecule has 0 saturated carbocycles. The van der Waals surface area contributed by atoms with E-state index in [9.17, 15) is 13.2 Å². The van der Waals surface area contributed by atoms with Crippen LogP contribution in [0.3, 0.4) is 0 Å². The number of rotatable bonds is 4. The number of carbonyl (C=O) groups excluding carboxylic acids is 1. The van der Waals surface area contributed by atoms with E-state index in [-0.39, 0.29) is 22.4 Å². The van der Waals surface area contributed by atoms with E-state index in [4.69, 9.17) is 0 Å². The summed E-state index contributed by atoms with van der Waals surface area (Å²) in [6.07, 6.45) is 1.33. The van der Waals surface area contributed by atoms with Crippen molar-refractivity contribution in [3.05, 3.63) is 29.8 Å². The van der Waals surface area contributed by atoms with Crippen LogP contribution in [0.2, 0.25) is 25.2 Å². The Hall–Kier alpha value is -1.14. The zero-order chi connectivity index (χ0) is 16.7. The van der Waals surface area contributed by atoms with Crippen LogP contribution >= 0.6 is 0 Å². The lowest BCUT2D eigenvalue weighted by Crippen LogP contribution is -2.41. The summed E-state index contributed by atoms with van der Waals surface area (Å²) in [7, 11) is -5.48. The average Bonchev–Trinajstić information content (AvgIpc) is 2.76. The molecule has 1 fully saturated rings. The molecule has 2 unspecified atom stereocenters. The van der Waals surface area contributed by atoms with E-state index in [2.05, 4.69) is 19.6 Å². The Morgan fingerprint density at radius 2 is 1.73 bits per heavy atom. The molecular weight excluding hydrogens is 314 g/mol. The molecule has 2 atom stereocenters. The molecule has 0 N–H and O–H groups in total. The Balaban J connectivity index is 2.45. The zero-order valence-corrected chi connectivity index (χ0v) is 15.8. The van der Waals surface area contributed by atoms with Crippen molar-refractivity contribution in [1.29, 1.82) is 0 Å². The Labute approximate surface area is 134 Å². The highest BCUT2D eigenvalue weighted by atomic mass is 32.2.